The highest BCUT2D eigenvalue weighted by atomic mass is 19.1. The Bertz CT molecular complexity index is 1960. The average Bonchev–Trinajstić information content (AvgIpc) is 3.26. The maximum Gasteiger partial charge on any atom is 0.415 e. The third-order valence-electron chi connectivity index (χ3n) is 6.77. The van der Waals surface area contributed by atoms with Gasteiger partial charge in [-0.1, -0.05) is 18.2 Å². The van der Waals surface area contributed by atoms with E-state index in [1.54, 1.807) is 89.5 Å². The lowest BCUT2D eigenvalue weighted by Crippen LogP contribution is -2.36. The Morgan fingerprint density at radius 2 is 1.71 bits per heavy atom. The second-order valence-corrected chi connectivity index (χ2v) is 11.1. The van der Waals surface area contributed by atoms with Crippen molar-refractivity contribution in [2.24, 2.45) is 7.05 Å². The number of hydrogen-bond donors (Lipinski definition) is 1. The summed E-state index contributed by atoms with van der Waals surface area (Å²) in [4.78, 5) is 45.8. The lowest BCUT2D eigenvalue weighted by atomic mass is 10.2. The SMILES string of the molecule is COc1ccc2c(Oc3ccc(NC(=O)c4c(N(C)C(=O)OC(C)(C)C)n(C)n(-c5ccccc5)c4=O)cc3F)ccnc2c1. The maximum atomic E-state index is 15.3. The largest absolute Gasteiger partial charge is 0.497 e. The molecule has 1 N–H and O–H groups in total. The number of fused-ring (bicyclic) bond motifs is 1. The Labute approximate surface area is 258 Å². The standard InChI is InChI=1S/C33H32FN5O6/c1-33(2,3)45-32(42)37(4)30-28(31(41)39(38(30)5)21-10-8-7-9-11-21)29(40)36-20-12-15-27(24(34)18-20)44-26-16-17-35-25-19-22(43-6)13-14-23(25)26/h7-19H,1-6H3,(H,36,40). The number of anilines is 2. The van der Waals surface area contributed by atoms with Gasteiger partial charge in [0.25, 0.3) is 11.5 Å². The van der Waals surface area contributed by atoms with E-state index in [1.807, 2.05) is 0 Å². The maximum absolute atomic E-state index is 15.3. The van der Waals surface area contributed by atoms with Crippen molar-refractivity contribution in [2.75, 3.05) is 24.4 Å². The van der Waals surface area contributed by atoms with Crippen molar-refractivity contribution in [1.82, 2.24) is 14.3 Å². The molecule has 45 heavy (non-hydrogen) atoms. The van der Waals surface area contributed by atoms with E-state index in [-0.39, 0.29) is 22.8 Å². The molecule has 2 heterocycles. The van der Waals surface area contributed by atoms with Gasteiger partial charge in [-0.2, -0.15) is 0 Å². The molecule has 0 aliphatic carbocycles. The summed E-state index contributed by atoms with van der Waals surface area (Å²) in [5.74, 6) is -0.721. The molecule has 0 atom stereocenters. The van der Waals surface area contributed by atoms with Gasteiger partial charge in [0.1, 0.15) is 22.7 Å². The van der Waals surface area contributed by atoms with Crippen molar-refractivity contribution in [2.45, 2.75) is 26.4 Å². The van der Waals surface area contributed by atoms with Gasteiger partial charge in [-0.3, -0.25) is 24.2 Å². The predicted molar refractivity (Wildman–Crippen MR) is 168 cm³/mol. The molecule has 12 heteroatoms. The minimum absolute atomic E-state index is 0.0165. The summed E-state index contributed by atoms with van der Waals surface area (Å²) in [6, 6.07) is 19.4. The summed E-state index contributed by atoms with van der Waals surface area (Å²) in [5.41, 5.74) is -0.715. The highest BCUT2D eigenvalue weighted by Gasteiger charge is 2.32. The molecule has 5 rings (SSSR count). The monoisotopic (exact) mass is 613 g/mol. The molecular formula is C33H32FN5O6. The minimum Gasteiger partial charge on any atom is -0.497 e. The molecule has 0 aliphatic rings. The normalized spacial score (nSPS) is 11.3. The van der Waals surface area contributed by atoms with E-state index in [0.717, 1.165) is 11.0 Å². The molecule has 0 fully saturated rings. The molecule has 0 radical (unpaired) electrons. The summed E-state index contributed by atoms with van der Waals surface area (Å²) in [6.07, 6.45) is 0.768. The number of ether oxygens (including phenoxy) is 3. The van der Waals surface area contributed by atoms with Crippen LogP contribution in [0, 0.1) is 5.82 Å². The number of para-hydroxylation sites is 1. The summed E-state index contributed by atoms with van der Waals surface area (Å²) >= 11 is 0. The van der Waals surface area contributed by atoms with Crippen molar-refractivity contribution in [3.63, 3.8) is 0 Å². The number of benzene rings is 3. The molecule has 2 aromatic heterocycles. The van der Waals surface area contributed by atoms with Crippen LogP contribution in [0.5, 0.6) is 17.2 Å². The van der Waals surface area contributed by atoms with Crippen LogP contribution in [-0.2, 0) is 11.8 Å². The first-order valence-corrected chi connectivity index (χ1v) is 13.9. The van der Waals surface area contributed by atoms with Crippen LogP contribution in [0.15, 0.2) is 83.8 Å². The number of carbonyl (C=O) groups is 2. The Morgan fingerprint density at radius 3 is 2.38 bits per heavy atom. The van der Waals surface area contributed by atoms with E-state index in [1.165, 1.54) is 34.7 Å². The fraction of sp³-hybridized carbons (Fsp3) is 0.212. The van der Waals surface area contributed by atoms with Gasteiger partial charge in [0, 0.05) is 43.5 Å². The van der Waals surface area contributed by atoms with Crippen LogP contribution in [-0.4, -0.2) is 46.1 Å². The number of aromatic nitrogens is 3. The van der Waals surface area contributed by atoms with Gasteiger partial charge in [-0.25, -0.2) is 13.9 Å². The molecule has 0 spiro atoms. The zero-order valence-electron chi connectivity index (χ0n) is 25.6. The lowest BCUT2D eigenvalue weighted by Gasteiger charge is -2.25. The molecule has 3 aromatic carbocycles. The van der Waals surface area contributed by atoms with Gasteiger partial charge in [-0.15, -0.1) is 0 Å². The van der Waals surface area contributed by atoms with Crippen molar-refractivity contribution in [3.8, 4) is 22.9 Å². The van der Waals surface area contributed by atoms with Gasteiger partial charge in [0.15, 0.2) is 17.4 Å². The Hall–Kier alpha value is -5.65. The van der Waals surface area contributed by atoms with E-state index in [2.05, 4.69) is 10.3 Å². The summed E-state index contributed by atoms with van der Waals surface area (Å²) in [7, 11) is 4.50. The number of hydrogen-bond acceptors (Lipinski definition) is 7. The van der Waals surface area contributed by atoms with Crippen molar-refractivity contribution < 1.29 is 28.2 Å². The number of halogens is 1. The van der Waals surface area contributed by atoms with Gasteiger partial charge in [-0.05, 0) is 63.2 Å². The Kier molecular flexibility index (Phi) is 8.32. The van der Waals surface area contributed by atoms with E-state index in [9.17, 15) is 14.4 Å². The fourth-order valence-corrected chi connectivity index (χ4v) is 4.75. The zero-order chi connectivity index (χ0) is 32.5. The Balaban J connectivity index is 1.47. The number of carbonyl (C=O) groups excluding carboxylic acids is 2. The molecular weight excluding hydrogens is 581 g/mol. The first kappa shape index (κ1) is 30.8. The average molecular weight is 614 g/mol. The van der Waals surface area contributed by atoms with Crippen molar-refractivity contribution in [3.05, 3.63) is 101 Å². The minimum atomic E-state index is -0.849. The quantitative estimate of drug-likeness (QED) is 0.229. The number of nitrogens with zero attached hydrogens (tertiary/aromatic N) is 4. The zero-order valence-corrected chi connectivity index (χ0v) is 25.6. The van der Waals surface area contributed by atoms with Crippen LogP contribution < -0.4 is 25.2 Å². The van der Waals surface area contributed by atoms with Gasteiger partial charge >= 0.3 is 6.09 Å². The second kappa shape index (κ2) is 12.2. The van der Waals surface area contributed by atoms with Gasteiger partial charge in [0.2, 0.25) is 0 Å². The first-order valence-electron chi connectivity index (χ1n) is 13.9. The van der Waals surface area contributed by atoms with Crippen LogP contribution in [0.3, 0.4) is 0 Å². The lowest BCUT2D eigenvalue weighted by molar-refractivity contribution is 0.0587. The Morgan fingerprint density at radius 1 is 0.978 bits per heavy atom. The first-order chi connectivity index (χ1) is 21.4. The van der Waals surface area contributed by atoms with Crippen LogP contribution in [0.4, 0.5) is 20.7 Å². The molecule has 232 valence electrons. The third kappa shape index (κ3) is 6.35. The molecule has 11 nitrogen and oxygen atoms in total. The fourth-order valence-electron chi connectivity index (χ4n) is 4.75. The highest BCUT2D eigenvalue weighted by Crippen LogP contribution is 2.33. The molecule has 2 amide bonds. The smallest absolute Gasteiger partial charge is 0.415 e. The predicted octanol–water partition coefficient (Wildman–Crippen LogP) is 6.29. The van der Waals surface area contributed by atoms with E-state index in [4.69, 9.17) is 14.2 Å². The third-order valence-corrected chi connectivity index (χ3v) is 6.77. The molecule has 0 aliphatic heterocycles. The molecule has 0 saturated carbocycles. The van der Waals surface area contributed by atoms with E-state index >= 15 is 4.39 Å². The molecule has 0 unspecified atom stereocenters. The number of rotatable bonds is 7. The highest BCUT2D eigenvalue weighted by molar-refractivity contribution is 6.09. The van der Waals surface area contributed by atoms with E-state index in [0.29, 0.717) is 28.1 Å². The van der Waals surface area contributed by atoms with Crippen LogP contribution in [0.25, 0.3) is 16.6 Å². The van der Waals surface area contributed by atoms with E-state index < -0.39 is 29.0 Å². The van der Waals surface area contributed by atoms with Gasteiger partial charge < -0.3 is 19.5 Å². The topological polar surface area (TPSA) is 117 Å². The number of pyridine rings is 1. The van der Waals surface area contributed by atoms with Crippen molar-refractivity contribution >= 4 is 34.4 Å². The van der Waals surface area contributed by atoms with Crippen LogP contribution >= 0.6 is 0 Å². The summed E-state index contributed by atoms with van der Waals surface area (Å²) in [5, 5.41) is 3.23. The summed E-state index contributed by atoms with van der Waals surface area (Å²) < 4.78 is 34.5. The number of amides is 2. The van der Waals surface area contributed by atoms with Gasteiger partial charge in [0.05, 0.1) is 18.3 Å². The molecule has 0 bridgehead atoms. The number of nitrogens with one attached hydrogen (secondary N) is 1. The second-order valence-electron chi connectivity index (χ2n) is 11.1. The number of methoxy groups -OCH3 is 1. The molecule has 0 saturated heterocycles. The summed E-state index contributed by atoms with van der Waals surface area (Å²) in [6.45, 7) is 5.12. The molecule has 5 aromatic rings. The van der Waals surface area contributed by atoms with Crippen molar-refractivity contribution in [1.29, 1.82) is 0 Å². The van der Waals surface area contributed by atoms with Crippen LogP contribution in [0.2, 0.25) is 0 Å². The van der Waals surface area contributed by atoms with Crippen LogP contribution in [0.1, 0.15) is 31.1 Å².